The van der Waals surface area contributed by atoms with Gasteiger partial charge in [0.15, 0.2) is 0 Å². The minimum atomic E-state index is -4.35. The topological polar surface area (TPSA) is 36.4 Å². The molecule has 0 saturated carbocycles. The number of carbonyl (C=O) groups is 1. The number of alkyl halides is 3. The first kappa shape index (κ1) is 17.7. The molecule has 0 bridgehead atoms. The average molecular weight is 329 g/mol. The Bertz CT molecular complexity index is 507. The van der Waals surface area contributed by atoms with Crippen molar-refractivity contribution >= 4 is 5.91 Å². The van der Waals surface area contributed by atoms with E-state index in [2.05, 4.69) is 9.88 Å². The first-order valence-corrected chi connectivity index (χ1v) is 7.87. The van der Waals surface area contributed by atoms with Gasteiger partial charge < -0.3 is 4.90 Å². The summed E-state index contributed by atoms with van der Waals surface area (Å²) in [6.45, 7) is 2.44. The van der Waals surface area contributed by atoms with Gasteiger partial charge in [-0.15, -0.1) is 0 Å². The van der Waals surface area contributed by atoms with E-state index in [-0.39, 0.29) is 12.5 Å². The Kier molecular flexibility index (Phi) is 5.98. The molecule has 0 N–H and O–H groups in total. The number of halogens is 3. The molecule has 2 heterocycles. The standard InChI is InChI=1S/C16H22F3N3O/c1-2-22(12-16(17,18)19)15(23)13-6-5-9-21(10-13)11-14-7-3-4-8-20-14/h3-4,7-8,13H,2,5-6,9-12H2,1H3/t13-/m1/s1. The lowest BCUT2D eigenvalue weighted by Crippen LogP contribution is -2.47. The second kappa shape index (κ2) is 7.77. The molecule has 1 aliphatic heterocycles. The van der Waals surface area contributed by atoms with Gasteiger partial charge in [0.1, 0.15) is 6.54 Å². The van der Waals surface area contributed by atoms with Crippen molar-refractivity contribution in [3.8, 4) is 0 Å². The SMILES string of the molecule is CCN(CC(F)(F)F)C(=O)[C@@H]1CCCN(Cc2ccccn2)C1. The van der Waals surface area contributed by atoms with Crippen molar-refractivity contribution in [1.29, 1.82) is 0 Å². The second-order valence-electron chi connectivity index (χ2n) is 5.86. The highest BCUT2D eigenvalue weighted by atomic mass is 19.4. The molecule has 0 spiro atoms. The van der Waals surface area contributed by atoms with Crippen LogP contribution in [-0.4, -0.2) is 53.0 Å². The summed E-state index contributed by atoms with van der Waals surface area (Å²) in [6.07, 6.45) is -1.18. The number of hydrogen-bond donors (Lipinski definition) is 0. The lowest BCUT2D eigenvalue weighted by molar-refractivity contribution is -0.164. The Morgan fingerprint density at radius 2 is 2.22 bits per heavy atom. The Labute approximate surface area is 134 Å². The van der Waals surface area contributed by atoms with Gasteiger partial charge in [0.05, 0.1) is 11.6 Å². The molecule has 0 radical (unpaired) electrons. The molecule has 7 heteroatoms. The highest BCUT2D eigenvalue weighted by Crippen LogP contribution is 2.23. The van der Waals surface area contributed by atoms with Gasteiger partial charge in [-0.3, -0.25) is 14.7 Å². The summed E-state index contributed by atoms with van der Waals surface area (Å²) in [5.41, 5.74) is 0.906. The summed E-state index contributed by atoms with van der Waals surface area (Å²) in [5.74, 6) is -0.759. The van der Waals surface area contributed by atoms with Crippen molar-refractivity contribution in [3.63, 3.8) is 0 Å². The van der Waals surface area contributed by atoms with Crippen LogP contribution in [0.25, 0.3) is 0 Å². The molecule has 2 rings (SSSR count). The molecule has 1 saturated heterocycles. The smallest absolute Gasteiger partial charge is 0.334 e. The van der Waals surface area contributed by atoms with E-state index in [0.717, 1.165) is 23.6 Å². The Morgan fingerprint density at radius 1 is 1.43 bits per heavy atom. The summed E-state index contributed by atoms with van der Waals surface area (Å²) >= 11 is 0. The van der Waals surface area contributed by atoms with Crippen LogP contribution in [0, 0.1) is 5.92 Å². The van der Waals surface area contributed by atoms with Gasteiger partial charge in [-0.05, 0) is 38.4 Å². The number of carbonyl (C=O) groups excluding carboxylic acids is 1. The number of likely N-dealkylation sites (tertiary alicyclic amines) is 1. The maximum Gasteiger partial charge on any atom is 0.406 e. The minimum absolute atomic E-state index is 0.0785. The van der Waals surface area contributed by atoms with E-state index in [9.17, 15) is 18.0 Å². The van der Waals surface area contributed by atoms with E-state index >= 15 is 0 Å². The van der Waals surface area contributed by atoms with Crippen LogP contribution >= 0.6 is 0 Å². The predicted molar refractivity (Wildman–Crippen MR) is 80.5 cm³/mol. The van der Waals surface area contributed by atoms with Gasteiger partial charge in [0, 0.05) is 25.8 Å². The van der Waals surface area contributed by atoms with Gasteiger partial charge in [0.25, 0.3) is 0 Å². The monoisotopic (exact) mass is 329 g/mol. The van der Waals surface area contributed by atoms with E-state index in [1.165, 1.54) is 0 Å². The lowest BCUT2D eigenvalue weighted by Gasteiger charge is -2.34. The molecule has 4 nitrogen and oxygen atoms in total. The molecule has 1 aromatic rings. The maximum absolute atomic E-state index is 12.6. The summed E-state index contributed by atoms with van der Waals surface area (Å²) < 4.78 is 37.7. The average Bonchev–Trinajstić information content (AvgIpc) is 2.52. The summed E-state index contributed by atoms with van der Waals surface area (Å²) in [6, 6.07) is 5.65. The third-order valence-electron chi connectivity index (χ3n) is 4.03. The number of hydrogen-bond acceptors (Lipinski definition) is 3. The fourth-order valence-corrected chi connectivity index (χ4v) is 2.94. The maximum atomic E-state index is 12.6. The number of rotatable bonds is 5. The summed E-state index contributed by atoms with van der Waals surface area (Å²) in [4.78, 5) is 19.7. The van der Waals surface area contributed by atoms with Crippen molar-refractivity contribution in [2.75, 3.05) is 26.2 Å². The van der Waals surface area contributed by atoms with Crippen molar-refractivity contribution in [2.24, 2.45) is 5.92 Å². The van der Waals surface area contributed by atoms with E-state index < -0.39 is 18.6 Å². The van der Waals surface area contributed by atoms with Crippen LogP contribution in [-0.2, 0) is 11.3 Å². The van der Waals surface area contributed by atoms with Crippen LogP contribution in [0.1, 0.15) is 25.5 Å². The molecular weight excluding hydrogens is 307 g/mol. The first-order chi connectivity index (χ1) is 10.9. The number of piperidine rings is 1. The van der Waals surface area contributed by atoms with Crippen LogP contribution in [0.4, 0.5) is 13.2 Å². The molecule has 0 unspecified atom stereocenters. The van der Waals surface area contributed by atoms with Crippen molar-refractivity contribution < 1.29 is 18.0 Å². The van der Waals surface area contributed by atoms with Crippen LogP contribution < -0.4 is 0 Å². The van der Waals surface area contributed by atoms with E-state index in [0.29, 0.717) is 19.5 Å². The number of aromatic nitrogens is 1. The van der Waals surface area contributed by atoms with E-state index in [1.807, 2.05) is 18.2 Å². The quantitative estimate of drug-likeness (QED) is 0.833. The fourth-order valence-electron chi connectivity index (χ4n) is 2.94. The Balaban J connectivity index is 1.95. The highest BCUT2D eigenvalue weighted by Gasteiger charge is 2.36. The Hall–Kier alpha value is -1.63. The fraction of sp³-hybridized carbons (Fsp3) is 0.625. The Morgan fingerprint density at radius 3 is 2.83 bits per heavy atom. The lowest BCUT2D eigenvalue weighted by atomic mass is 9.96. The van der Waals surface area contributed by atoms with Gasteiger partial charge in [-0.2, -0.15) is 13.2 Å². The van der Waals surface area contributed by atoms with E-state index in [4.69, 9.17) is 0 Å². The zero-order valence-corrected chi connectivity index (χ0v) is 13.2. The normalized spacial score (nSPS) is 19.6. The molecular formula is C16H22F3N3O. The number of nitrogens with zero attached hydrogens (tertiary/aromatic N) is 3. The number of amides is 1. The second-order valence-corrected chi connectivity index (χ2v) is 5.86. The zero-order valence-electron chi connectivity index (χ0n) is 13.2. The van der Waals surface area contributed by atoms with Crippen molar-refractivity contribution in [1.82, 2.24) is 14.8 Å². The van der Waals surface area contributed by atoms with Gasteiger partial charge in [-0.1, -0.05) is 6.07 Å². The molecule has 1 atom stereocenters. The molecule has 23 heavy (non-hydrogen) atoms. The number of pyridine rings is 1. The van der Waals surface area contributed by atoms with Crippen LogP contribution in [0.15, 0.2) is 24.4 Å². The van der Waals surface area contributed by atoms with Gasteiger partial charge in [-0.25, -0.2) is 0 Å². The predicted octanol–water partition coefficient (Wildman–Crippen LogP) is 2.70. The van der Waals surface area contributed by atoms with Crippen molar-refractivity contribution in [2.45, 2.75) is 32.5 Å². The molecule has 1 fully saturated rings. The third-order valence-corrected chi connectivity index (χ3v) is 4.03. The molecule has 1 aliphatic rings. The largest absolute Gasteiger partial charge is 0.406 e. The van der Waals surface area contributed by atoms with E-state index in [1.54, 1.807) is 13.1 Å². The minimum Gasteiger partial charge on any atom is -0.334 e. The molecule has 1 amide bonds. The molecule has 0 aromatic carbocycles. The van der Waals surface area contributed by atoms with Crippen molar-refractivity contribution in [3.05, 3.63) is 30.1 Å². The highest BCUT2D eigenvalue weighted by molar-refractivity contribution is 5.79. The van der Waals surface area contributed by atoms with Crippen LogP contribution in [0.5, 0.6) is 0 Å². The summed E-state index contributed by atoms with van der Waals surface area (Å²) in [5, 5.41) is 0. The van der Waals surface area contributed by atoms with Crippen LogP contribution in [0.2, 0.25) is 0 Å². The summed E-state index contributed by atoms with van der Waals surface area (Å²) in [7, 11) is 0. The third kappa shape index (κ3) is 5.49. The first-order valence-electron chi connectivity index (χ1n) is 7.87. The van der Waals surface area contributed by atoms with Crippen LogP contribution in [0.3, 0.4) is 0 Å². The molecule has 0 aliphatic carbocycles. The van der Waals surface area contributed by atoms with Gasteiger partial charge in [0.2, 0.25) is 5.91 Å². The van der Waals surface area contributed by atoms with Gasteiger partial charge >= 0.3 is 6.18 Å². The zero-order chi connectivity index (χ0) is 16.9. The molecule has 128 valence electrons. The molecule has 1 aromatic heterocycles.